The summed E-state index contributed by atoms with van der Waals surface area (Å²) in [6.45, 7) is 10.8. The summed E-state index contributed by atoms with van der Waals surface area (Å²) in [5, 5.41) is 3.52. The minimum Gasteiger partial charge on any atom is -0.237 e. The number of rotatable bonds is 3. The Hall–Kier alpha value is -0.520. The van der Waals surface area contributed by atoms with Gasteiger partial charge in [0.1, 0.15) is 10.8 Å². The zero-order chi connectivity index (χ0) is 15.8. The van der Waals surface area contributed by atoms with Crippen LogP contribution in [0, 0.1) is 5.92 Å². The van der Waals surface area contributed by atoms with Gasteiger partial charge in [-0.05, 0) is 28.3 Å². The molecule has 3 nitrogen and oxygen atoms in total. The second kappa shape index (κ2) is 6.31. The van der Waals surface area contributed by atoms with Crippen LogP contribution in [0.4, 0.5) is 0 Å². The molecular weight excluding hydrogens is 370 g/mol. The molecule has 0 radical (unpaired) electrons. The van der Waals surface area contributed by atoms with Crippen molar-refractivity contribution in [1.29, 1.82) is 0 Å². The van der Waals surface area contributed by atoms with E-state index in [0.29, 0.717) is 16.9 Å². The molecule has 2 heterocycles. The van der Waals surface area contributed by atoms with Crippen LogP contribution >= 0.6 is 38.9 Å². The fraction of sp³-hybridized carbons (Fsp3) is 0.533. The van der Waals surface area contributed by atoms with Gasteiger partial charge in [-0.2, -0.15) is 0 Å². The molecule has 0 bridgehead atoms. The van der Waals surface area contributed by atoms with E-state index in [1.54, 1.807) is 11.3 Å². The van der Waals surface area contributed by atoms with Gasteiger partial charge in [-0.15, -0.1) is 11.3 Å². The number of hydrogen-bond donors (Lipinski definition) is 0. The van der Waals surface area contributed by atoms with Crippen molar-refractivity contribution in [2.24, 2.45) is 5.92 Å². The summed E-state index contributed by atoms with van der Waals surface area (Å²) < 4.78 is 0.785. The van der Waals surface area contributed by atoms with Crippen LogP contribution < -0.4 is 0 Å². The van der Waals surface area contributed by atoms with Gasteiger partial charge >= 0.3 is 0 Å². The lowest BCUT2D eigenvalue weighted by molar-refractivity contribution is 0.585. The van der Waals surface area contributed by atoms with Gasteiger partial charge in [0.2, 0.25) is 0 Å². The molecule has 0 amide bonds. The van der Waals surface area contributed by atoms with Crippen LogP contribution in [-0.2, 0) is 11.8 Å². The molecule has 114 valence electrons. The lowest BCUT2D eigenvalue weighted by Gasteiger charge is -2.13. The first-order chi connectivity index (χ1) is 9.68. The molecule has 2 rings (SSSR count). The van der Waals surface area contributed by atoms with E-state index in [-0.39, 0.29) is 5.41 Å². The Morgan fingerprint density at radius 1 is 1.24 bits per heavy atom. The van der Waals surface area contributed by atoms with Gasteiger partial charge < -0.3 is 0 Å². The third kappa shape index (κ3) is 4.02. The van der Waals surface area contributed by atoms with Crippen LogP contribution in [0.2, 0.25) is 5.15 Å². The van der Waals surface area contributed by atoms with Gasteiger partial charge in [-0.1, -0.05) is 46.2 Å². The normalized spacial score (nSPS) is 12.2. The zero-order valence-corrected chi connectivity index (χ0v) is 16.0. The molecule has 2 aromatic rings. The Morgan fingerprint density at radius 2 is 1.90 bits per heavy atom. The third-order valence-electron chi connectivity index (χ3n) is 2.86. The molecule has 0 fully saturated rings. The van der Waals surface area contributed by atoms with Crippen molar-refractivity contribution in [3.8, 4) is 11.5 Å². The minimum absolute atomic E-state index is 0.0306. The zero-order valence-electron chi connectivity index (χ0n) is 12.9. The van der Waals surface area contributed by atoms with E-state index in [2.05, 4.69) is 65.5 Å². The van der Waals surface area contributed by atoms with Crippen molar-refractivity contribution in [2.45, 2.75) is 46.5 Å². The average molecular weight is 389 g/mol. The van der Waals surface area contributed by atoms with Crippen LogP contribution in [0.3, 0.4) is 0 Å². The molecule has 0 aliphatic carbocycles. The van der Waals surface area contributed by atoms with Gasteiger partial charge in [0.05, 0.1) is 15.2 Å². The highest BCUT2D eigenvalue weighted by Gasteiger charge is 2.20. The van der Waals surface area contributed by atoms with E-state index in [4.69, 9.17) is 11.6 Å². The second-order valence-electron chi connectivity index (χ2n) is 6.48. The number of aromatic nitrogens is 3. The summed E-state index contributed by atoms with van der Waals surface area (Å²) in [7, 11) is 0. The Balaban J connectivity index is 2.44. The molecule has 0 aromatic carbocycles. The monoisotopic (exact) mass is 387 g/mol. The number of nitrogens with zero attached hydrogens (tertiary/aromatic N) is 3. The summed E-state index contributed by atoms with van der Waals surface area (Å²) in [6, 6.07) is 0. The van der Waals surface area contributed by atoms with E-state index in [9.17, 15) is 0 Å². The van der Waals surface area contributed by atoms with E-state index >= 15 is 0 Å². The highest BCUT2D eigenvalue weighted by molar-refractivity contribution is 9.10. The standard InChI is InChI=1S/C15H19BrClN3S/c1-8(2)6-9-11(16)12(17)20-13(18-9)10-7-21-14(19-10)15(3,4)5/h7-8H,6H2,1-5H3. The summed E-state index contributed by atoms with van der Waals surface area (Å²) in [5.41, 5.74) is 1.76. The van der Waals surface area contributed by atoms with Crippen molar-refractivity contribution < 1.29 is 0 Å². The van der Waals surface area contributed by atoms with Gasteiger partial charge in [0.15, 0.2) is 5.82 Å². The van der Waals surface area contributed by atoms with Crippen molar-refractivity contribution in [1.82, 2.24) is 15.0 Å². The molecule has 0 aliphatic heterocycles. The van der Waals surface area contributed by atoms with E-state index in [1.165, 1.54) is 0 Å². The molecule has 0 saturated carbocycles. The lowest BCUT2D eigenvalue weighted by atomic mass is 9.98. The number of hydrogen-bond acceptors (Lipinski definition) is 4. The molecule has 0 saturated heterocycles. The van der Waals surface area contributed by atoms with E-state index in [1.807, 2.05) is 5.38 Å². The maximum Gasteiger partial charge on any atom is 0.180 e. The Bertz CT molecular complexity index is 647. The van der Waals surface area contributed by atoms with Gasteiger partial charge in [-0.3, -0.25) is 0 Å². The second-order valence-corrected chi connectivity index (χ2v) is 8.49. The van der Waals surface area contributed by atoms with Gasteiger partial charge in [-0.25, -0.2) is 15.0 Å². The van der Waals surface area contributed by atoms with E-state index in [0.717, 1.165) is 27.3 Å². The molecule has 0 N–H and O–H groups in total. The van der Waals surface area contributed by atoms with Crippen molar-refractivity contribution in [3.63, 3.8) is 0 Å². The van der Waals surface area contributed by atoms with Gasteiger partial charge in [0.25, 0.3) is 0 Å². The Morgan fingerprint density at radius 3 is 2.43 bits per heavy atom. The van der Waals surface area contributed by atoms with Gasteiger partial charge in [0, 0.05) is 10.8 Å². The first-order valence-corrected chi connectivity index (χ1v) is 8.92. The van der Waals surface area contributed by atoms with Crippen LogP contribution in [0.1, 0.15) is 45.3 Å². The largest absolute Gasteiger partial charge is 0.237 e. The summed E-state index contributed by atoms with van der Waals surface area (Å²) in [4.78, 5) is 13.7. The fourth-order valence-electron chi connectivity index (χ4n) is 1.82. The summed E-state index contributed by atoms with van der Waals surface area (Å²) in [6.07, 6.45) is 0.853. The van der Waals surface area contributed by atoms with Crippen LogP contribution in [-0.4, -0.2) is 15.0 Å². The van der Waals surface area contributed by atoms with Crippen molar-refractivity contribution in [2.75, 3.05) is 0 Å². The summed E-state index contributed by atoms with van der Waals surface area (Å²) in [5.74, 6) is 1.10. The highest BCUT2D eigenvalue weighted by Crippen LogP contribution is 2.31. The average Bonchev–Trinajstić information content (AvgIpc) is 2.83. The molecule has 0 atom stereocenters. The molecule has 0 spiro atoms. The predicted molar refractivity (Wildman–Crippen MR) is 93.1 cm³/mol. The topological polar surface area (TPSA) is 38.7 Å². The SMILES string of the molecule is CC(C)Cc1nc(-c2csc(C(C)(C)C)n2)nc(Cl)c1Br. The van der Waals surface area contributed by atoms with E-state index < -0.39 is 0 Å². The van der Waals surface area contributed by atoms with Crippen molar-refractivity contribution in [3.05, 3.63) is 25.7 Å². The summed E-state index contributed by atoms with van der Waals surface area (Å²) >= 11 is 11.3. The molecular formula is C15H19BrClN3S. The molecule has 2 aromatic heterocycles. The van der Waals surface area contributed by atoms with Crippen molar-refractivity contribution >= 4 is 38.9 Å². The molecule has 21 heavy (non-hydrogen) atoms. The Labute approximate surface area is 143 Å². The van der Waals surface area contributed by atoms with Crippen LogP contribution in [0.5, 0.6) is 0 Å². The third-order valence-corrected chi connectivity index (χ3v) is 5.46. The maximum atomic E-state index is 6.23. The number of thiazole rings is 1. The Kier molecular flexibility index (Phi) is 5.06. The first kappa shape index (κ1) is 16.8. The lowest BCUT2D eigenvalue weighted by Crippen LogP contribution is -2.10. The highest BCUT2D eigenvalue weighted by atomic mass is 79.9. The fourth-order valence-corrected chi connectivity index (χ4v) is 3.23. The molecule has 6 heteroatoms. The quantitative estimate of drug-likeness (QED) is 0.650. The smallest absolute Gasteiger partial charge is 0.180 e. The first-order valence-electron chi connectivity index (χ1n) is 6.86. The number of halogens is 2. The van der Waals surface area contributed by atoms with Crippen LogP contribution in [0.25, 0.3) is 11.5 Å². The maximum absolute atomic E-state index is 6.23. The molecule has 0 aliphatic rings. The minimum atomic E-state index is 0.0306. The molecule has 0 unspecified atom stereocenters. The predicted octanol–water partition coefficient (Wildman–Crippen LogP) is 5.51. The van der Waals surface area contributed by atoms with Crippen LogP contribution in [0.15, 0.2) is 9.85 Å².